The molecule has 0 amide bonds. The number of benzene rings is 6. The van der Waals surface area contributed by atoms with Crippen LogP contribution >= 0.6 is 14.3 Å². The van der Waals surface area contributed by atoms with E-state index in [1.807, 2.05) is 24.3 Å². The molecular weight excluding hydrogens is 680 g/mol. The Morgan fingerprint density at radius 1 is 0.412 bits per heavy atom. The molecule has 0 saturated carbocycles. The van der Waals surface area contributed by atoms with Gasteiger partial charge in [-0.15, -0.1) is 4.98 Å². The smallest absolute Gasteiger partial charge is 0.328 e. The third-order valence-electron chi connectivity index (χ3n) is 8.18. The Balaban J connectivity index is 1.56. The van der Waals surface area contributed by atoms with Crippen LogP contribution in [0.1, 0.15) is 11.2 Å². The molecule has 0 aliphatic heterocycles. The molecule has 11 heteroatoms. The van der Waals surface area contributed by atoms with Crippen molar-refractivity contribution in [3.05, 3.63) is 176 Å². The highest BCUT2D eigenvalue weighted by atomic mass is 31.2. The number of aromatic hydroxyl groups is 2. The maximum atomic E-state index is 16.5. The van der Waals surface area contributed by atoms with Crippen LogP contribution in [0.5, 0.6) is 35.0 Å². The standard InChI is InChI=1S/C40H31N3O6P2/c44-29-21-25-31(26-22-29)48-39-41-37(42-40(43-39)49-32-27-23-30(45)24-28-32)38(50(46,33-13-5-1-6-14-33)34-15-7-2-8-16-34)51(47,35-17-9-3-10-18-35)36-19-11-4-12-20-36/h1-28,38,44-45H. The maximum absolute atomic E-state index is 16.5. The van der Waals surface area contributed by atoms with Gasteiger partial charge in [0.05, 0.1) is 0 Å². The SMILES string of the molecule is O=P(c1ccccc1)(c1ccccc1)C(c1nc(Oc2ccc(O)cc2)nc(Oc2ccc(O)cc2)n1)P(=O)(c1ccccc1)c1ccccc1. The maximum Gasteiger partial charge on any atom is 0.328 e. The minimum atomic E-state index is -4.02. The van der Waals surface area contributed by atoms with Crippen molar-refractivity contribution in [3.8, 4) is 35.0 Å². The van der Waals surface area contributed by atoms with Crippen LogP contribution in [0.25, 0.3) is 0 Å². The van der Waals surface area contributed by atoms with Gasteiger partial charge in [-0.25, -0.2) is 0 Å². The predicted octanol–water partition coefficient (Wildman–Crippen LogP) is 7.89. The summed E-state index contributed by atoms with van der Waals surface area (Å²) < 4.78 is 45.2. The summed E-state index contributed by atoms with van der Waals surface area (Å²) in [5.74, 6) is 0.572. The van der Waals surface area contributed by atoms with Gasteiger partial charge in [0.25, 0.3) is 0 Å². The number of hydrogen-bond donors (Lipinski definition) is 2. The molecule has 7 rings (SSSR count). The quantitative estimate of drug-likeness (QED) is 0.129. The largest absolute Gasteiger partial charge is 0.508 e. The van der Waals surface area contributed by atoms with E-state index in [9.17, 15) is 10.2 Å². The normalized spacial score (nSPS) is 11.6. The van der Waals surface area contributed by atoms with E-state index < -0.39 is 19.7 Å². The summed E-state index contributed by atoms with van der Waals surface area (Å²) in [6.07, 6.45) is 0. The van der Waals surface area contributed by atoms with Crippen molar-refractivity contribution in [3.63, 3.8) is 0 Å². The minimum Gasteiger partial charge on any atom is -0.508 e. The molecule has 2 N–H and O–H groups in total. The fourth-order valence-electron chi connectivity index (χ4n) is 5.81. The number of phenolic OH excluding ortho intramolecular Hbond substituents is 2. The van der Waals surface area contributed by atoms with E-state index in [1.54, 1.807) is 97.1 Å². The highest BCUT2D eigenvalue weighted by molar-refractivity contribution is 7.94. The molecular formula is C40H31N3O6P2. The summed E-state index contributed by atoms with van der Waals surface area (Å²) in [7, 11) is -8.04. The molecule has 6 aromatic carbocycles. The Morgan fingerprint density at radius 2 is 0.706 bits per heavy atom. The topological polar surface area (TPSA) is 132 Å². The average molecular weight is 712 g/mol. The van der Waals surface area contributed by atoms with Crippen LogP contribution in [0.3, 0.4) is 0 Å². The molecule has 9 nitrogen and oxygen atoms in total. The highest BCUT2D eigenvalue weighted by Gasteiger charge is 2.52. The molecule has 1 heterocycles. The molecule has 0 aliphatic rings. The highest BCUT2D eigenvalue weighted by Crippen LogP contribution is 2.74. The fraction of sp³-hybridized carbons (Fsp3) is 0.0250. The molecule has 0 bridgehead atoms. The van der Waals surface area contributed by atoms with E-state index in [-0.39, 0.29) is 29.3 Å². The van der Waals surface area contributed by atoms with E-state index >= 15 is 9.13 Å². The van der Waals surface area contributed by atoms with Gasteiger partial charge in [-0.3, -0.25) is 0 Å². The van der Waals surface area contributed by atoms with Crippen LogP contribution < -0.4 is 30.7 Å². The second-order valence-corrected chi connectivity index (χ2v) is 17.6. The number of aromatic nitrogens is 3. The molecule has 0 fully saturated rings. The molecule has 0 saturated heterocycles. The van der Waals surface area contributed by atoms with Gasteiger partial charge in [0.2, 0.25) is 0 Å². The second-order valence-electron chi connectivity index (χ2n) is 11.5. The van der Waals surface area contributed by atoms with Crippen molar-refractivity contribution >= 4 is 35.5 Å². The lowest BCUT2D eigenvalue weighted by molar-refractivity contribution is 0.391. The van der Waals surface area contributed by atoms with Gasteiger partial charge in [-0.1, -0.05) is 121 Å². The van der Waals surface area contributed by atoms with E-state index in [4.69, 9.17) is 19.4 Å². The summed E-state index contributed by atoms with van der Waals surface area (Å²) in [5, 5.41) is 20.2. The lowest BCUT2D eigenvalue weighted by Crippen LogP contribution is -2.29. The summed E-state index contributed by atoms with van der Waals surface area (Å²) in [5.41, 5.74) is 0. The van der Waals surface area contributed by atoms with Gasteiger partial charge in [0.15, 0.2) is 20.1 Å². The van der Waals surface area contributed by atoms with Gasteiger partial charge < -0.3 is 28.8 Å². The number of nitrogens with zero attached hydrogens (tertiary/aromatic N) is 3. The van der Waals surface area contributed by atoms with Crippen LogP contribution in [0.2, 0.25) is 0 Å². The molecule has 1 aromatic heterocycles. The van der Waals surface area contributed by atoms with E-state index in [0.717, 1.165) is 0 Å². The third-order valence-corrected chi connectivity index (χ3v) is 16.2. The zero-order valence-corrected chi connectivity index (χ0v) is 28.8. The Hall–Kier alpha value is -6.01. The van der Waals surface area contributed by atoms with E-state index in [0.29, 0.717) is 32.7 Å². The summed E-state index contributed by atoms with van der Waals surface area (Å²) in [6.45, 7) is 0. The zero-order chi connectivity index (χ0) is 35.3. The first kappa shape index (κ1) is 33.5. The van der Waals surface area contributed by atoms with Crippen molar-refractivity contribution in [1.29, 1.82) is 0 Å². The first-order chi connectivity index (χ1) is 24.8. The van der Waals surface area contributed by atoms with Gasteiger partial charge in [0.1, 0.15) is 28.4 Å². The Bertz CT molecular complexity index is 2080. The molecule has 0 spiro atoms. The molecule has 51 heavy (non-hydrogen) atoms. The van der Waals surface area contributed by atoms with Crippen LogP contribution in [0.15, 0.2) is 170 Å². The zero-order valence-electron chi connectivity index (χ0n) is 27.0. The monoisotopic (exact) mass is 711 g/mol. The Labute approximate surface area is 294 Å². The van der Waals surface area contributed by atoms with Crippen molar-refractivity contribution < 1.29 is 28.8 Å². The second kappa shape index (κ2) is 14.5. The van der Waals surface area contributed by atoms with Gasteiger partial charge in [0, 0.05) is 21.2 Å². The third kappa shape index (κ3) is 6.90. The number of rotatable bonds is 11. The van der Waals surface area contributed by atoms with Crippen molar-refractivity contribution in [2.45, 2.75) is 5.40 Å². The fourth-order valence-corrected chi connectivity index (χ4v) is 14.3. The molecule has 252 valence electrons. The lowest BCUT2D eigenvalue weighted by atomic mass is 10.3. The van der Waals surface area contributed by atoms with E-state index in [1.165, 1.54) is 48.5 Å². The predicted molar refractivity (Wildman–Crippen MR) is 198 cm³/mol. The van der Waals surface area contributed by atoms with Crippen LogP contribution in [-0.4, -0.2) is 25.2 Å². The molecule has 0 aliphatic carbocycles. The first-order valence-electron chi connectivity index (χ1n) is 16.0. The Kier molecular flexibility index (Phi) is 9.49. The van der Waals surface area contributed by atoms with Crippen molar-refractivity contribution in [2.24, 2.45) is 0 Å². The van der Waals surface area contributed by atoms with Crippen molar-refractivity contribution in [2.75, 3.05) is 0 Å². The van der Waals surface area contributed by atoms with Crippen LogP contribution in [0, 0.1) is 0 Å². The summed E-state index contributed by atoms with van der Waals surface area (Å²) in [6, 6.07) is 47.3. The summed E-state index contributed by atoms with van der Waals surface area (Å²) >= 11 is 0. The molecule has 0 radical (unpaired) electrons. The average Bonchev–Trinajstić information content (AvgIpc) is 3.18. The van der Waals surface area contributed by atoms with Gasteiger partial charge in [-0.2, -0.15) is 9.97 Å². The van der Waals surface area contributed by atoms with E-state index in [2.05, 4.69) is 4.98 Å². The minimum absolute atomic E-state index is 0.0356. The molecule has 0 atom stereocenters. The number of phenols is 2. The van der Waals surface area contributed by atoms with Crippen molar-refractivity contribution in [1.82, 2.24) is 15.0 Å². The van der Waals surface area contributed by atoms with Crippen LogP contribution in [0.4, 0.5) is 0 Å². The first-order valence-corrected chi connectivity index (χ1v) is 19.5. The van der Waals surface area contributed by atoms with Gasteiger partial charge >= 0.3 is 12.0 Å². The number of hydrogen-bond acceptors (Lipinski definition) is 9. The lowest BCUT2D eigenvalue weighted by Gasteiger charge is -2.34. The van der Waals surface area contributed by atoms with Crippen LogP contribution in [-0.2, 0) is 9.13 Å². The Morgan fingerprint density at radius 3 is 1.00 bits per heavy atom. The van der Waals surface area contributed by atoms with Gasteiger partial charge in [-0.05, 0) is 48.5 Å². The molecule has 0 unspecified atom stereocenters. The molecule has 7 aromatic rings. The number of ether oxygens (including phenoxy) is 2. The summed E-state index contributed by atoms with van der Waals surface area (Å²) in [4.78, 5) is 14.0.